The van der Waals surface area contributed by atoms with Crippen LogP contribution in [0.1, 0.15) is 19.4 Å². The number of nitrogens with two attached hydrogens (primary N) is 1. The van der Waals surface area contributed by atoms with E-state index in [1.165, 1.54) is 0 Å². The molecule has 4 heteroatoms. The summed E-state index contributed by atoms with van der Waals surface area (Å²) >= 11 is 0. The summed E-state index contributed by atoms with van der Waals surface area (Å²) in [6.07, 6.45) is 1.75. The van der Waals surface area contributed by atoms with Crippen molar-refractivity contribution >= 4 is 0 Å². The van der Waals surface area contributed by atoms with Gasteiger partial charge in [-0.2, -0.15) is 0 Å². The Hall–Kier alpha value is -1.13. The maximum Gasteiger partial charge on any atom is 0.213 e. The smallest absolute Gasteiger partial charge is 0.213 e. The molecule has 0 spiro atoms. The van der Waals surface area contributed by atoms with Gasteiger partial charge in [-0.25, -0.2) is 4.98 Å². The van der Waals surface area contributed by atoms with Crippen LogP contribution in [0.25, 0.3) is 0 Å². The van der Waals surface area contributed by atoms with Gasteiger partial charge in [-0.05, 0) is 25.5 Å². The molecule has 0 saturated carbocycles. The number of hydrogen-bond donors (Lipinski definition) is 1. The standard InChI is InChI=1S/C13H21N3O/c1-10(2)16-7-12(8-16)9-17-13-5-11(6-14)3-4-15-13/h3-5,10,12H,6-9,14H2,1-2H3. The molecule has 2 rings (SSSR count). The van der Waals surface area contributed by atoms with Crippen LogP contribution in [-0.4, -0.2) is 35.6 Å². The van der Waals surface area contributed by atoms with E-state index < -0.39 is 0 Å². The highest BCUT2D eigenvalue weighted by Crippen LogP contribution is 2.19. The Morgan fingerprint density at radius 1 is 1.53 bits per heavy atom. The van der Waals surface area contributed by atoms with Gasteiger partial charge in [0.15, 0.2) is 0 Å². The van der Waals surface area contributed by atoms with Crippen LogP contribution >= 0.6 is 0 Å². The molecule has 0 aromatic carbocycles. The van der Waals surface area contributed by atoms with Crippen molar-refractivity contribution in [3.05, 3.63) is 23.9 Å². The van der Waals surface area contributed by atoms with Gasteiger partial charge in [-0.1, -0.05) is 0 Å². The van der Waals surface area contributed by atoms with E-state index in [9.17, 15) is 0 Å². The molecule has 94 valence electrons. The van der Waals surface area contributed by atoms with Crippen LogP contribution in [0.15, 0.2) is 18.3 Å². The summed E-state index contributed by atoms with van der Waals surface area (Å²) in [6.45, 7) is 8.00. The monoisotopic (exact) mass is 235 g/mol. The van der Waals surface area contributed by atoms with E-state index in [2.05, 4.69) is 23.7 Å². The predicted octanol–water partition coefficient (Wildman–Crippen LogP) is 1.26. The van der Waals surface area contributed by atoms with Gasteiger partial charge in [0.2, 0.25) is 5.88 Å². The average molecular weight is 235 g/mol. The Kier molecular flexibility index (Phi) is 3.97. The minimum absolute atomic E-state index is 0.531. The van der Waals surface area contributed by atoms with Crippen molar-refractivity contribution in [1.82, 2.24) is 9.88 Å². The third-order valence-electron chi connectivity index (χ3n) is 3.22. The van der Waals surface area contributed by atoms with Crippen molar-refractivity contribution in [3.8, 4) is 5.88 Å². The molecule has 0 bridgehead atoms. The average Bonchev–Trinajstić information content (AvgIpc) is 2.27. The zero-order chi connectivity index (χ0) is 12.3. The lowest BCUT2D eigenvalue weighted by molar-refractivity contribution is 0.0364. The lowest BCUT2D eigenvalue weighted by Crippen LogP contribution is -2.52. The molecule has 0 aliphatic carbocycles. The first-order valence-corrected chi connectivity index (χ1v) is 6.21. The number of likely N-dealkylation sites (tertiary alicyclic amines) is 1. The molecule has 4 nitrogen and oxygen atoms in total. The van der Waals surface area contributed by atoms with Crippen molar-refractivity contribution in [2.45, 2.75) is 26.4 Å². The van der Waals surface area contributed by atoms with Gasteiger partial charge in [0.1, 0.15) is 0 Å². The van der Waals surface area contributed by atoms with Gasteiger partial charge in [-0.15, -0.1) is 0 Å². The van der Waals surface area contributed by atoms with E-state index in [-0.39, 0.29) is 0 Å². The molecular formula is C13H21N3O. The maximum absolute atomic E-state index is 5.69. The van der Waals surface area contributed by atoms with Crippen LogP contribution < -0.4 is 10.5 Å². The Morgan fingerprint density at radius 2 is 2.29 bits per heavy atom. The molecule has 1 aliphatic heterocycles. The minimum atomic E-state index is 0.531. The van der Waals surface area contributed by atoms with Gasteiger partial charge in [0, 0.05) is 43.9 Å². The minimum Gasteiger partial charge on any atom is -0.477 e. The van der Waals surface area contributed by atoms with Crippen molar-refractivity contribution in [3.63, 3.8) is 0 Å². The summed E-state index contributed by atoms with van der Waals surface area (Å²) in [6, 6.07) is 4.47. The molecule has 2 N–H and O–H groups in total. The lowest BCUT2D eigenvalue weighted by atomic mass is 9.99. The molecule has 1 saturated heterocycles. The largest absolute Gasteiger partial charge is 0.477 e. The van der Waals surface area contributed by atoms with E-state index >= 15 is 0 Å². The van der Waals surface area contributed by atoms with Crippen LogP contribution in [0.3, 0.4) is 0 Å². The zero-order valence-corrected chi connectivity index (χ0v) is 10.6. The number of aromatic nitrogens is 1. The highest BCUT2D eigenvalue weighted by Gasteiger charge is 2.28. The molecule has 1 aromatic rings. The fourth-order valence-corrected chi connectivity index (χ4v) is 2.00. The number of nitrogens with zero attached hydrogens (tertiary/aromatic N) is 2. The first-order chi connectivity index (χ1) is 8.19. The van der Waals surface area contributed by atoms with Gasteiger partial charge in [0.05, 0.1) is 6.61 Å². The van der Waals surface area contributed by atoms with Gasteiger partial charge >= 0.3 is 0 Å². The molecule has 17 heavy (non-hydrogen) atoms. The normalized spacial score (nSPS) is 17.2. The summed E-state index contributed by atoms with van der Waals surface area (Å²) in [5.41, 5.74) is 6.64. The van der Waals surface area contributed by atoms with E-state index in [1.807, 2.05) is 12.1 Å². The first-order valence-electron chi connectivity index (χ1n) is 6.21. The Labute approximate surface area is 103 Å². The second-order valence-corrected chi connectivity index (χ2v) is 4.93. The molecule has 1 aromatic heterocycles. The van der Waals surface area contributed by atoms with Gasteiger partial charge in [0.25, 0.3) is 0 Å². The Bertz CT molecular complexity index is 361. The van der Waals surface area contributed by atoms with Crippen LogP contribution in [-0.2, 0) is 6.54 Å². The molecule has 0 radical (unpaired) electrons. The van der Waals surface area contributed by atoms with Crippen molar-refractivity contribution in [1.29, 1.82) is 0 Å². The molecular weight excluding hydrogens is 214 g/mol. The highest BCUT2D eigenvalue weighted by molar-refractivity contribution is 5.20. The van der Waals surface area contributed by atoms with E-state index in [1.54, 1.807) is 6.20 Å². The van der Waals surface area contributed by atoms with Crippen molar-refractivity contribution in [2.24, 2.45) is 11.7 Å². The summed E-state index contributed by atoms with van der Waals surface area (Å²) in [5.74, 6) is 1.33. The fourth-order valence-electron chi connectivity index (χ4n) is 2.00. The van der Waals surface area contributed by atoms with E-state index in [0.29, 0.717) is 24.4 Å². The Morgan fingerprint density at radius 3 is 2.94 bits per heavy atom. The summed E-state index contributed by atoms with van der Waals surface area (Å²) < 4.78 is 5.69. The molecule has 0 amide bonds. The highest BCUT2D eigenvalue weighted by atomic mass is 16.5. The number of ether oxygens (including phenoxy) is 1. The maximum atomic E-state index is 5.69. The van der Waals surface area contributed by atoms with E-state index in [4.69, 9.17) is 10.5 Å². The summed E-state index contributed by atoms with van der Waals surface area (Å²) in [4.78, 5) is 6.62. The predicted molar refractivity (Wildman–Crippen MR) is 67.8 cm³/mol. The molecule has 0 unspecified atom stereocenters. The topological polar surface area (TPSA) is 51.4 Å². The van der Waals surface area contributed by atoms with Gasteiger partial charge < -0.3 is 15.4 Å². The second kappa shape index (κ2) is 5.47. The zero-order valence-electron chi connectivity index (χ0n) is 10.6. The molecule has 0 atom stereocenters. The second-order valence-electron chi connectivity index (χ2n) is 4.93. The first kappa shape index (κ1) is 12.3. The SMILES string of the molecule is CC(C)N1CC(COc2cc(CN)ccn2)C1. The molecule has 1 aliphatic rings. The fraction of sp³-hybridized carbons (Fsp3) is 0.615. The number of pyridine rings is 1. The van der Waals surface area contributed by atoms with Crippen molar-refractivity contribution in [2.75, 3.05) is 19.7 Å². The Balaban J connectivity index is 1.75. The van der Waals surface area contributed by atoms with E-state index in [0.717, 1.165) is 25.3 Å². The van der Waals surface area contributed by atoms with Gasteiger partial charge in [-0.3, -0.25) is 0 Å². The summed E-state index contributed by atoms with van der Waals surface area (Å²) in [5, 5.41) is 0. The van der Waals surface area contributed by atoms with Crippen LogP contribution in [0.5, 0.6) is 5.88 Å². The molecule has 2 heterocycles. The molecule has 1 fully saturated rings. The third kappa shape index (κ3) is 3.17. The summed E-state index contributed by atoms with van der Waals surface area (Å²) in [7, 11) is 0. The van der Waals surface area contributed by atoms with Crippen LogP contribution in [0.2, 0.25) is 0 Å². The van der Waals surface area contributed by atoms with Crippen LogP contribution in [0.4, 0.5) is 0 Å². The lowest BCUT2D eigenvalue weighted by Gasteiger charge is -2.41. The quantitative estimate of drug-likeness (QED) is 0.834. The van der Waals surface area contributed by atoms with Crippen LogP contribution in [0, 0.1) is 5.92 Å². The number of rotatable bonds is 5. The third-order valence-corrected chi connectivity index (χ3v) is 3.22. The number of hydrogen-bond acceptors (Lipinski definition) is 4. The van der Waals surface area contributed by atoms with Crippen molar-refractivity contribution < 1.29 is 4.74 Å².